The number of hydrogen-bond donors (Lipinski definition) is 1. The SMILES string of the molecule is CCC(CC(C)C12CCC(C(C)(O)C(F)(F)C(F)(F)F)(CC1)C2)C1CCC(OC2CCCCO2)(C(F)(F)F)C1. The molecule has 1 N–H and O–H groups in total. The minimum absolute atomic E-state index is 0.0650. The first-order valence-electron chi connectivity index (χ1n) is 14.4. The van der Waals surface area contributed by atoms with Crippen LogP contribution in [0.25, 0.3) is 0 Å². The van der Waals surface area contributed by atoms with Crippen molar-refractivity contribution in [3.8, 4) is 0 Å². The van der Waals surface area contributed by atoms with Crippen LogP contribution in [-0.2, 0) is 9.47 Å². The molecule has 3 nitrogen and oxygen atoms in total. The molecule has 0 spiro atoms. The largest absolute Gasteiger partial charge is 0.456 e. The highest BCUT2D eigenvalue weighted by Crippen LogP contribution is 2.71. The van der Waals surface area contributed by atoms with Gasteiger partial charge in [-0.2, -0.15) is 35.1 Å². The summed E-state index contributed by atoms with van der Waals surface area (Å²) in [6, 6.07) is 0. The highest BCUT2D eigenvalue weighted by molar-refractivity contribution is 5.17. The maximum absolute atomic E-state index is 14.5. The van der Waals surface area contributed by atoms with E-state index in [-0.39, 0.29) is 49.9 Å². The number of ether oxygens (including phenoxy) is 2. The Bertz CT molecular complexity index is 856. The fourth-order valence-corrected chi connectivity index (χ4v) is 8.52. The Balaban J connectivity index is 1.46. The lowest BCUT2D eigenvalue weighted by atomic mass is 9.67. The van der Waals surface area contributed by atoms with Gasteiger partial charge in [-0.05, 0) is 107 Å². The summed E-state index contributed by atoms with van der Waals surface area (Å²) in [6.45, 7) is 4.87. The average molecular weight is 579 g/mol. The Morgan fingerprint density at radius 2 is 1.59 bits per heavy atom. The first-order valence-corrected chi connectivity index (χ1v) is 14.4. The van der Waals surface area contributed by atoms with Gasteiger partial charge in [-0.25, -0.2) is 0 Å². The van der Waals surface area contributed by atoms with Gasteiger partial charge in [0, 0.05) is 12.0 Å². The van der Waals surface area contributed by atoms with Crippen LogP contribution in [-0.4, -0.2) is 47.5 Å². The van der Waals surface area contributed by atoms with Crippen molar-refractivity contribution in [2.45, 2.75) is 140 Å². The van der Waals surface area contributed by atoms with Crippen molar-refractivity contribution in [2.75, 3.05) is 6.61 Å². The number of hydrogen-bond acceptors (Lipinski definition) is 3. The zero-order chi connectivity index (χ0) is 29.1. The minimum Gasteiger partial charge on any atom is -0.383 e. The minimum atomic E-state index is -5.86. The van der Waals surface area contributed by atoms with Gasteiger partial charge in [0.1, 0.15) is 5.60 Å². The van der Waals surface area contributed by atoms with Crippen molar-refractivity contribution < 1.29 is 49.7 Å². The van der Waals surface area contributed by atoms with Gasteiger partial charge in [0.15, 0.2) is 11.9 Å². The summed E-state index contributed by atoms with van der Waals surface area (Å²) in [5.41, 5.74) is -7.55. The number of halogens is 8. The van der Waals surface area contributed by atoms with Crippen LogP contribution in [0.2, 0.25) is 0 Å². The van der Waals surface area contributed by atoms with E-state index in [1.807, 2.05) is 13.8 Å². The molecule has 6 unspecified atom stereocenters. The van der Waals surface area contributed by atoms with Gasteiger partial charge >= 0.3 is 18.3 Å². The standard InChI is InChI=1S/C28H42F8O3/c1-4-19(20-8-9-25(16-20,27(31,32)33)39-21-7-5-6-14-38-21)15-18(2)23-10-12-24(17-23,13-11-23)22(3,37)26(29,30)28(34,35)36/h18-21,37H,4-17H2,1-3H3. The highest BCUT2D eigenvalue weighted by atomic mass is 19.4. The molecular formula is C28H42F8O3. The van der Waals surface area contributed by atoms with Crippen molar-refractivity contribution in [1.82, 2.24) is 0 Å². The van der Waals surface area contributed by atoms with E-state index in [1.165, 1.54) is 0 Å². The summed E-state index contributed by atoms with van der Waals surface area (Å²) in [7, 11) is 0. The number of aliphatic hydroxyl groups is 1. The van der Waals surface area contributed by atoms with Crippen LogP contribution >= 0.6 is 0 Å². The summed E-state index contributed by atoms with van der Waals surface area (Å²) in [5, 5.41) is 10.7. The molecule has 4 rings (SSSR count). The Morgan fingerprint density at radius 1 is 0.949 bits per heavy atom. The molecule has 6 atom stereocenters. The van der Waals surface area contributed by atoms with E-state index in [0.717, 1.165) is 12.8 Å². The Kier molecular flexibility index (Phi) is 8.21. The first kappa shape index (κ1) is 31.3. The summed E-state index contributed by atoms with van der Waals surface area (Å²) in [6.07, 6.45) is -7.01. The lowest BCUT2D eigenvalue weighted by Gasteiger charge is -2.46. The van der Waals surface area contributed by atoms with Gasteiger partial charge in [-0.3, -0.25) is 0 Å². The predicted octanol–water partition coefficient (Wildman–Crippen LogP) is 8.58. The summed E-state index contributed by atoms with van der Waals surface area (Å²) >= 11 is 0. The molecule has 11 heteroatoms. The molecule has 0 aromatic carbocycles. The van der Waals surface area contributed by atoms with Crippen molar-refractivity contribution in [3.63, 3.8) is 0 Å². The molecule has 3 aliphatic carbocycles. The maximum Gasteiger partial charge on any atom is 0.456 e. The predicted molar refractivity (Wildman–Crippen MR) is 128 cm³/mol. The molecule has 0 radical (unpaired) electrons. The summed E-state index contributed by atoms with van der Waals surface area (Å²) < 4.78 is 123. The van der Waals surface area contributed by atoms with Gasteiger partial charge < -0.3 is 14.6 Å². The van der Waals surface area contributed by atoms with Crippen LogP contribution in [0, 0.1) is 28.6 Å². The molecule has 39 heavy (non-hydrogen) atoms. The maximum atomic E-state index is 14.5. The van der Waals surface area contributed by atoms with Crippen molar-refractivity contribution in [3.05, 3.63) is 0 Å². The number of rotatable bonds is 9. The van der Waals surface area contributed by atoms with Crippen LogP contribution in [0.5, 0.6) is 0 Å². The average Bonchev–Trinajstić information content (AvgIpc) is 3.56. The number of alkyl halides is 8. The second-order valence-electron chi connectivity index (χ2n) is 13.2. The summed E-state index contributed by atoms with van der Waals surface area (Å²) in [5.74, 6) is -5.65. The quantitative estimate of drug-likeness (QED) is 0.279. The zero-order valence-corrected chi connectivity index (χ0v) is 23.0. The topological polar surface area (TPSA) is 38.7 Å². The molecule has 4 aliphatic rings. The fraction of sp³-hybridized carbons (Fsp3) is 1.00. The van der Waals surface area contributed by atoms with Crippen LogP contribution in [0.15, 0.2) is 0 Å². The van der Waals surface area contributed by atoms with E-state index in [1.54, 1.807) is 0 Å². The Labute approximate surface area is 225 Å². The Hall–Kier alpha value is -0.680. The van der Waals surface area contributed by atoms with E-state index in [4.69, 9.17) is 9.47 Å². The van der Waals surface area contributed by atoms with Crippen LogP contribution in [0.4, 0.5) is 35.1 Å². The smallest absolute Gasteiger partial charge is 0.383 e. The van der Waals surface area contributed by atoms with Crippen molar-refractivity contribution >= 4 is 0 Å². The lowest BCUT2D eigenvalue weighted by Crippen LogP contribution is -2.63. The monoisotopic (exact) mass is 578 g/mol. The van der Waals surface area contributed by atoms with Crippen molar-refractivity contribution in [2.24, 2.45) is 28.6 Å². The van der Waals surface area contributed by atoms with E-state index >= 15 is 0 Å². The molecule has 1 heterocycles. The van der Waals surface area contributed by atoms with Gasteiger partial charge in [0.25, 0.3) is 0 Å². The molecule has 0 aromatic heterocycles. The second kappa shape index (κ2) is 10.2. The highest BCUT2D eigenvalue weighted by Gasteiger charge is 2.77. The Morgan fingerprint density at radius 3 is 2.10 bits per heavy atom. The van der Waals surface area contributed by atoms with Gasteiger partial charge in [-0.15, -0.1) is 0 Å². The third kappa shape index (κ3) is 5.12. The van der Waals surface area contributed by atoms with Gasteiger partial charge in [0.2, 0.25) is 0 Å². The van der Waals surface area contributed by atoms with Crippen LogP contribution in [0.3, 0.4) is 0 Å². The molecule has 228 valence electrons. The van der Waals surface area contributed by atoms with E-state index in [0.29, 0.717) is 52.1 Å². The van der Waals surface area contributed by atoms with Crippen molar-refractivity contribution in [1.29, 1.82) is 0 Å². The molecule has 3 saturated carbocycles. The van der Waals surface area contributed by atoms with Gasteiger partial charge in [-0.1, -0.05) is 20.3 Å². The van der Waals surface area contributed by atoms with E-state index in [9.17, 15) is 40.2 Å². The van der Waals surface area contributed by atoms with Crippen LogP contribution in [0.1, 0.15) is 104 Å². The lowest BCUT2D eigenvalue weighted by molar-refractivity contribution is -0.359. The molecule has 2 bridgehead atoms. The molecular weight excluding hydrogens is 536 g/mol. The third-order valence-corrected chi connectivity index (χ3v) is 11.3. The fourth-order valence-electron chi connectivity index (χ4n) is 8.52. The van der Waals surface area contributed by atoms with E-state index in [2.05, 4.69) is 0 Å². The molecule has 1 saturated heterocycles. The molecule has 0 aromatic rings. The zero-order valence-electron chi connectivity index (χ0n) is 23.0. The van der Waals surface area contributed by atoms with E-state index < -0.39 is 46.6 Å². The normalized spacial score (nSPS) is 39.1. The molecule has 0 amide bonds. The molecule has 4 fully saturated rings. The first-order chi connectivity index (χ1) is 17.9. The number of fused-ring (bicyclic) bond motifs is 2. The summed E-state index contributed by atoms with van der Waals surface area (Å²) in [4.78, 5) is 0. The second-order valence-corrected chi connectivity index (χ2v) is 13.2. The molecule has 1 aliphatic heterocycles. The van der Waals surface area contributed by atoms with Crippen LogP contribution < -0.4 is 0 Å². The third-order valence-electron chi connectivity index (χ3n) is 11.3. The van der Waals surface area contributed by atoms with Gasteiger partial charge in [0.05, 0.1) is 0 Å².